The number of allylic oxidation sites excluding steroid dienone is 1. The van der Waals surface area contributed by atoms with Crippen LogP contribution in [0.1, 0.15) is 55.5 Å². The Balaban J connectivity index is 1.87. The lowest BCUT2D eigenvalue weighted by Crippen LogP contribution is -2.36. The zero-order valence-electron chi connectivity index (χ0n) is 13.3. The second kappa shape index (κ2) is 7.43. The maximum absolute atomic E-state index is 12.1. The fraction of sp³-hybridized carbons (Fsp3) is 0.647. The average Bonchev–Trinajstić information content (AvgIpc) is 2.73. The highest BCUT2D eigenvalue weighted by Crippen LogP contribution is 2.18. The molecular weight excluding hydrogens is 262 g/mol. The number of aryl methyl sites for hydroxylation is 1. The van der Waals surface area contributed by atoms with Gasteiger partial charge in [-0.2, -0.15) is 5.10 Å². The van der Waals surface area contributed by atoms with Gasteiger partial charge in [0.1, 0.15) is 0 Å². The summed E-state index contributed by atoms with van der Waals surface area (Å²) in [4.78, 5) is 12.1. The molecule has 4 heteroatoms. The number of hydrogen-bond acceptors (Lipinski definition) is 2. The van der Waals surface area contributed by atoms with Crippen LogP contribution in [-0.4, -0.2) is 21.7 Å². The van der Waals surface area contributed by atoms with Crippen LogP contribution in [-0.2, 0) is 17.8 Å². The van der Waals surface area contributed by atoms with E-state index in [1.807, 2.05) is 17.7 Å². The van der Waals surface area contributed by atoms with E-state index in [9.17, 15) is 4.79 Å². The molecule has 1 aromatic heterocycles. The third-order valence-electron chi connectivity index (χ3n) is 4.41. The molecular formula is C17H27N3O. The van der Waals surface area contributed by atoms with Crippen LogP contribution < -0.4 is 5.32 Å². The smallest absolute Gasteiger partial charge is 0.220 e. The van der Waals surface area contributed by atoms with Gasteiger partial charge in [0.25, 0.3) is 0 Å². The summed E-state index contributed by atoms with van der Waals surface area (Å²) in [7, 11) is 0. The van der Waals surface area contributed by atoms with Crippen molar-refractivity contribution in [1.82, 2.24) is 15.1 Å². The third kappa shape index (κ3) is 4.19. The summed E-state index contributed by atoms with van der Waals surface area (Å²) in [5, 5.41) is 7.68. The van der Waals surface area contributed by atoms with Crippen LogP contribution >= 0.6 is 0 Å². The molecule has 4 nitrogen and oxygen atoms in total. The Kier molecular flexibility index (Phi) is 5.59. The first-order valence-electron chi connectivity index (χ1n) is 8.05. The molecule has 1 heterocycles. The van der Waals surface area contributed by atoms with Gasteiger partial charge in [0.05, 0.1) is 12.2 Å². The molecule has 0 aromatic carbocycles. The number of carbonyl (C=O) groups is 1. The largest absolute Gasteiger partial charge is 0.353 e. The van der Waals surface area contributed by atoms with Crippen molar-refractivity contribution in [1.29, 1.82) is 0 Å². The summed E-state index contributed by atoms with van der Waals surface area (Å²) in [6.45, 7) is 8.56. The first kappa shape index (κ1) is 15.8. The molecule has 1 aliphatic carbocycles. The number of rotatable bonds is 6. The third-order valence-corrected chi connectivity index (χ3v) is 4.41. The van der Waals surface area contributed by atoms with Gasteiger partial charge in [-0.15, -0.1) is 6.58 Å². The van der Waals surface area contributed by atoms with Gasteiger partial charge < -0.3 is 5.32 Å². The predicted octanol–water partition coefficient (Wildman–Crippen LogP) is 3.07. The molecule has 1 aliphatic rings. The topological polar surface area (TPSA) is 46.9 Å². The van der Waals surface area contributed by atoms with Gasteiger partial charge >= 0.3 is 0 Å². The molecule has 21 heavy (non-hydrogen) atoms. The van der Waals surface area contributed by atoms with Crippen LogP contribution in [0, 0.1) is 13.8 Å². The molecule has 1 aromatic rings. The number of nitrogens with zero attached hydrogens (tertiary/aromatic N) is 2. The molecule has 0 saturated heterocycles. The Morgan fingerprint density at radius 1 is 1.38 bits per heavy atom. The SMILES string of the molecule is C=CCn1nc(C)c(CCC(=O)NC2CCCCC2)c1C. The molecule has 0 atom stereocenters. The van der Waals surface area contributed by atoms with Crippen molar-refractivity contribution >= 4 is 5.91 Å². The molecule has 1 amide bonds. The van der Waals surface area contributed by atoms with Gasteiger partial charge in [-0.3, -0.25) is 9.48 Å². The molecule has 0 bridgehead atoms. The van der Waals surface area contributed by atoms with Crippen LogP contribution in [0.2, 0.25) is 0 Å². The maximum atomic E-state index is 12.1. The quantitative estimate of drug-likeness (QED) is 0.818. The van der Waals surface area contributed by atoms with Crippen LogP contribution in [0.5, 0.6) is 0 Å². The maximum Gasteiger partial charge on any atom is 0.220 e. The molecule has 1 fully saturated rings. The van der Waals surface area contributed by atoms with Gasteiger partial charge in [-0.1, -0.05) is 25.3 Å². The first-order valence-corrected chi connectivity index (χ1v) is 8.05. The lowest BCUT2D eigenvalue weighted by atomic mass is 9.95. The Morgan fingerprint density at radius 3 is 2.76 bits per heavy atom. The summed E-state index contributed by atoms with van der Waals surface area (Å²) in [6.07, 6.45) is 9.26. The number of aromatic nitrogens is 2. The van der Waals surface area contributed by atoms with E-state index < -0.39 is 0 Å². The number of hydrogen-bond donors (Lipinski definition) is 1. The molecule has 0 radical (unpaired) electrons. The summed E-state index contributed by atoms with van der Waals surface area (Å²) < 4.78 is 1.96. The summed E-state index contributed by atoms with van der Waals surface area (Å²) in [6, 6.07) is 0.400. The second-order valence-electron chi connectivity index (χ2n) is 6.02. The first-order chi connectivity index (χ1) is 10.1. The van der Waals surface area contributed by atoms with Crippen molar-refractivity contribution in [3.63, 3.8) is 0 Å². The van der Waals surface area contributed by atoms with E-state index in [4.69, 9.17) is 0 Å². The fourth-order valence-electron chi connectivity index (χ4n) is 3.18. The molecule has 0 unspecified atom stereocenters. The van der Waals surface area contributed by atoms with Gasteiger partial charge in [-0.05, 0) is 38.7 Å². The Labute approximate surface area is 127 Å². The number of amides is 1. The lowest BCUT2D eigenvalue weighted by Gasteiger charge is -2.22. The molecule has 0 aliphatic heterocycles. The van der Waals surface area contributed by atoms with Crippen LogP contribution in [0.15, 0.2) is 12.7 Å². The lowest BCUT2D eigenvalue weighted by molar-refractivity contribution is -0.121. The second-order valence-corrected chi connectivity index (χ2v) is 6.02. The van der Waals surface area contributed by atoms with Crippen molar-refractivity contribution in [2.24, 2.45) is 0 Å². The van der Waals surface area contributed by atoms with Crippen LogP contribution in [0.25, 0.3) is 0 Å². The Bertz CT molecular complexity index is 498. The zero-order chi connectivity index (χ0) is 15.2. The Hall–Kier alpha value is -1.58. The van der Waals surface area contributed by atoms with E-state index >= 15 is 0 Å². The monoisotopic (exact) mass is 289 g/mol. The van der Waals surface area contributed by atoms with Crippen molar-refractivity contribution < 1.29 is 4.79 Å². The highest BCUT2D eigenvalue weighted by Gasteiger charge is 2.17. The van der Waals surface area contributed by atoms with Gasteiger partial charge in [-0.25, -0.2) is 0 Å². The summed E-state index contributed by atoms with van der Waals surface area (Å²) >= 11 is 0. The Morgan fingerprint density at radius 2 is 2.10 bits per heavy atom. The van der Waals surface area contributed by atoms with E-state index in [0.717, 1.165) is 37.2 Å². The van der Waals surface area contributed by atoms with E-state index in [1.165, 1.54) is 24.8 Å². The fourth-order valence-corrected chi connectivity index (χ4v) is 3.18. The van der Waals surface area contributed by atoms with E-state index in [1.54, 1.807) is 0 Å². The highest BCUT2D eigenvalue weighted by atomic mass is 16.1. The standard InChI is InChI=1S/C17H27N3O/c1-4-12-20-14(3)16(13(2)19-20)10-11-17(21)18-15-8-6-5-7-9-15/h4,15H,1,5-12H2,2-3H3,(H,18,21). The summed E-state index contributed by atoms with van der Waals surface area (Å²) in [5.74, 6) is 0.178. The molecule has 116 valence electrons. The van der Waals surface area contributed by atoms with Gasteiger partial charge in [0, 0.05) is 18.2 Å². The molecule has 1 saturated carbocycles. The average molecular weight is 289 g/mol. The predicted molar refractivity (Wildman–Crippen MR) is 85.2 cm³/mol. The van der Waals surface area contributed by atoms with Crippen molar-refractivity contribution in [2.75, 3.05) is 0 Å². The normalized spacial score (nSPS) is 15.9. The highest BCUT2D eigenvalue weighted by molar-refractivity contribution is 5.76. The van der Waals surface area contributed by atoms with E-state index in [-0.39, 0.29) is 5.91 Å². The molecule has 0 spiro atoms. The van der Waals surface area contributed by atoms with E-state index in [0.29, 0.717) is 12.5 Å². The number of nitrogens with one attached hydrogen (secondary N) is 1. The minimum absolute atomic E-state index is 0.178. The van der Waals surface area contributed by atoms with Gasteiger partial charge in [0.15, 0.2) is 0 Å². The van der Waals surface area contributed by atoms with Gasteiger partial charge in [0.2, 0.25) is 5.91 Å². The number of carbonyl (C=O) groups excluding carboxylic acids is 1. The molecule has 1 N–H and O–H groups in total. The van der Waals surface area contributed by atoms with Crippen molar-refractivity contribution in [3.8, 4) is 0 Å². The van der Waals surface area contributed by atoms with E-state index in [2.05, 4.69) is 23.9 Å². The summed E-state index contributed by atoms with van der Waals surface area (Å²) in [5.41, 5.74) is 3.38. The zero-order valence-corrected chi connectivity index (χ0v) is 13.3. The van der Waals surface area contributed by atoms with Crippen molar-refractivity contribution in [2.45, 2.75) is 71.4 Å². The van der Waals surface area contributed by atoms with Crippen LogP contribution in [0.4, 0.5) is 0 Å². The van der Waals surface area contributed by atoms with Crippen LogP contribution in [0.3, 0.4) is 0 Å². The minimum Gasteiger partial charge on any atom is -0.353 e. The molecule has 2 rings (SSSR count). The van der Waals surface area contributed by atoms with Crippen molar-refractivity contribution in [3.05, 3.63) is 29.6 Å². The minimum atomic E-state index is 0.178.